The van der Waals surface area contributed by atoms with Crippen molar-refractivity contribution in [2.75, 3.05) is 13.1 Å². The molecule has 2 unspecified atom stereocenters. The van der Waals surface area contributed by atoms with Gasteiger partial charge in [0.15, 0.2) is 0 Å². The zero-order chi connectivity index (χ0) is 14.8. The molecule has 2 N–H and O–H groups in total. The largest absolute Gasteiger partial charge is 0.327 e. The smallest absolute Gasteiger partial charge is 0.00954 e. The lowest BCUT2D eigenvalue weighted by atomic mass is 9.70. The standard InChI is InChI=1S/C18H36N2/c1-14(2)12-20(16-7-5-6-8-16)13-15-11-18(3,4)10-9-17(15)19/h14-17H,5-13,19H2,1-4H3. The molecule has 20 heavy (non-hydrogen) atoms. The zero-order valence-electron chi connectivity index (χ0n) is 14.2. The lowest BCUT2D eigenvalue weighted by Gasteiger charge is -2.43. The van der Waals surface area contributed by atoms with Gasteiger partial charge in [-0.25, -0.2) is 0 Å². The normalized spacial score (nSPS) is 31.4. The highest BCUT2D eigenvalue weighted by molar-refractivity contribution is 4.90. The lowest BCUT2D eigenvalue weighted by molar-refractivity contribution is 0.0862. The minimum Gasteiger partial charge on any atom is -0.327 e. The van der Waals surface area contributed by atoms with Gasteiger partial charge < -0.3 is 5.73 Å². The Hall–Kier alpha value is -0.0800. The first-order valence-electron chi connectivity index (χ1n) is 8.87. The summed E-state index contributed by atoms with van der Waals surface area (Å²) in [6, 6.07) is 1.27. The van der Waals surface area contributed by atoms with Crippen LogP contribution in [0.4, 0.5) is 0 Å². The fourth-order valence-corrected chi connectivity index (χ4v) is 4.37. The summed E-state index contributed by atoms with van der Waals surface area (Å²) in [7, 11) is 0. The molecule has 0 bridgehead atoms. The summed E-state index contributed by atoms with van der Waals surface area (Å²) < 4.78 is 0. The maximum atomic E-state index is 6.45. The quantitative estimate of drug-likeness (QED) is 0.823. The van der Waals surface area contributed by atoms with Crippen molar-refractivity contribution in [3.05, 3.63) is 0 Å². The van der Waals surface area contributed by atoms with Gasteiger partial charge in [0.25, 0.3) is 0 Å². The van der Waals surface area contributed by atoms with Gasteiger partial charge in [-0.05, 0) is 49.4 Å². The molecule has 2 aliphatic carbocycles. The second kappa shape index (κ2) is 6.79. The molecular formula is C18H36N2. The average molecular weight is 280 g/mol. The predicted molar refractivity (Wildman–Crippen MR) is 87.8 cm³/mol. The van der Waals surface area contributed by atoms with Crippen LogP contribution in [0, 0.1) is 17.3 Å². The first-order chi connectivity index (χ1) is 9.37. The van der Waals surface area contributed by atoms with Crippen molar-refractivity contribution in [2.24, 2.45) is 23.0 Å². The number of hydrogen-bond donors (Lipinski definition) is 1. The Bertz CT molecular complexity index is 292. The highest BCUT2D eigenvalue weighted by Crippen LogP contribution is 2.39. The molecule has 0 aromatic heterocycles. The van der Waals surface area contributed by atoms with Crippen LogP contribution in [0.25, 0.3) is 0 Å². The highest BCUT2D eigenvalue weighted by Gasteiger charge is 2.35. The third-order valence-corrected chi connectivity index (χ3v) is 5.48. The van der Waals surface area contributed by atoms with Gasteiger partial charge in [0, 0.05) is 25.2 Å². The SMILES string of the molecule is CC(C)CN(CC1CC(C)(C)CCC1N)C1CCCC1. The molecule has 0 aromatic rings. The topological polar surface area (TPSA) is 29.3 Å². The van der Waals surface area contributed by atoms with E-state index in [2.05, 4.69) is 32.6 Å². The molecule has 2 nitrogen and oxygen atoms in total. The van der Waals surface area contributed by atoms with Crippen molar-refractivity contribution in [3.63, 3.8) is 0 Å². The second-order valence-electron chi connectivity index (χ2n) is 8.62. The molecule has 2 aliphatic rings. The van der Waals surface area contributed by atoms with Crippen molar-refractivity contribution in [2.45, 2.75) is 84.7 Å². The van der Waals surface area contributed by atoms with Crippen molar-refractivity contribution in [3.8, 4) is 0 Å². The van der Waals surface area contributed by atoms with Gasteiger partial charge in [0.2, 0.25) is 0 Å². The molecule has 118 valence electrons. The summed E-state index contributed by atoms with van der Waals surface area (Å²) in [5.74, 6) is 1.47. The number of nitrogens with two attached hydrogens (primary N) is 1. The van der Waals surface area contributed by atoms with Gasteiger partial charge in [-0.2, -0.15) is 0 Å². The Kier molecular flexibility index (Phi) is 5.53. The van der Waals surface area contributed by atoms with Gasteiger partial charge in [-0.3, -0.25) is 4.90 Å². The molecule has 0 radical (unpaired) electrons. The Labute approximate surface area is 126 Å². The molecule has 2 rings (SSSR count). The van der Waals surface area contributed by atoms with Crippen LogP contribution in [0.15, 0.2) is 0 Å². The van der Waals surface area contributed by atoms with Crippen LogP contribution in [-0.4, -0.2) is 30.1 Å². The number of hydrogen-bond acceptors (Lipinski definition) is 2. The summed E-state index contributed by atoms with van der Waals surface area (Å²) in [6.07, 6.45) is 9.53. The molecule has 0 aromatic carbocycles. The van der Waals surface area contributed by atoms with Crippen molar-refractivity contribution in [1.29, 1.82) is 0 Å². The van der Waals surface area contributed by atoms with Crippen LogP contribution < -0.4 is 5.73 Å². The average Bonchev–Trinajstić information content (AvgIpc) is 2.86. The van der Waals surface area contributed by atoms with Crippen LogP contribution in [-0.2, 0) is 0 Å². The van der Waals surface area contributed by atoms with E-state index in [1.165, 1.54) is 58.0 Å². The third-order valence-electron chi connectivity index (χ3n) is 5.48. The summed E-state index contributed by atoms with van der Waals surface area (Å²) in [5.41, 5.74) is 6.95. The summed E-state index contributed by atoms with van der Waals surface area (Å²) in [6.45, 7) is 12.1. The molecule has 2 fully saturated rings. The maximum absolute atomic E-state index is 6.45. The van der Waals surface area contributed by atoms with E-state index < -0.39 is 0 Å². The molecule has 0 spiro atoms. The van der Waals surface area contributed by atoms with Gasteiger partial charge in [0.1, 0.15) is 0 Å². The molecule has 0 heterocycles. The van der Waals surface area contributed by atoms with Gasteiger partial charge in [0.05, 0.1) is 0 Å². The van der Waals surface area contributed by atoms with E-state index in [1.54, 1.807) is 0 Å². The molecule has 2 atom stereocenters. The van der Waals surface area contributed by atoms with Crippen molar-refractivity contribution >= 4 is 0 Å². The number of rotatable bonds is 5. The fourth-order valence-electron chi connectivity index (χ4n) is 4.37. The van der Waals surface area contributed by atoms with E-state index in [4.69, 9.17) is 5.73 Å². The monoisotopic (exact) mass is 280 g/mol. The van der Waals surface area contributed by atoms with E-state index >= 15 is 0 Å². The predicted octanol–water partition coefficient (Wildman–Crippen LogP) is 4.04. The summed E-state index contributed by atoms with van der Waals surface area (Å²) in [5, 5.41) is 0. The van der Waals surface area contributed by atoms with E-state index in [0.29, 0.717) is 17.4 Å². The Morgan fingerprint density at radius 3 is 2.40 bits per heavy atom. The Morgan fingerprint density at radius 2 is 1.80 bits per heavy atom. The van der Waals surface area contributed by atoms with Crippen molar-refractivity contribution in [1.82, 2.24) is 4.90 Å². The van der Waals surface area contributed by atoms with Crippen LogP contribution in [0.3, 0.4) is 0 Å². The number of nitrogens with zero attached hydrogens (tertiary/aromatic N) is 1. The molecule has 2 heteroatoms. The minimum atomic E-state index is 0.430. The second-order valence-corrected chi connectivity index (χ2v) is 8.62. The molecule has 2 saturated carbocycles. The first-order valence-corrected chi connectivity index (χ1v) is 8.87. The van der Waals surface area contributed by atoms with E-state index in [9.17, 15) is 0 Å². The third kappa shape index (κ3) is 4.46. The van der Waals surface area contributed by atoms with Crippen LogP contribution in [0.1, 0.15) is 72.6 Å². The molecule has 0 amide bonds. The summed E-state index contributed by atoms with van der Waals surface area (Å²) in [4.78, 5) is 2.80. The Morgan fingerprint density at radius 1 is 1.15 bits per heavy atom. The van der Waals surface area contributed by atoms with E-state index in [0.717, 1.165) is 12.0 Å². The van der Waals surface area contributed by atoms with E-state index in [-0.39, 0.29) is 0 Å². The summed E-state index contributed by atoms with van der Waals surface area (Å²) >= 11 is 0. The van der Waals surface area contributed by atoms with E-state index in [1.807, 2.05) is 0 Å². The fraction of sp³-hybridized carbons (Fsp3) is 1.00. The zero-order valence-corrected chi connectivity index (χ0v) is 14.2. The van der Waals surface area contributed by atoms with Gasteiger partial charge >= 0.3 is 0 Å². The van der Waals surface area contributed by atoms with Crippen molar-refractivity contribution < 1.29 is 0 Å². The highest BCUT2D eigenvalue weighted by atomic mass is 15.2. The van der Waals surface area contributed by atoms with Crippen LogP contribution >= 0.6 is 0 Å². The molecular weight excluding hydrogens is 244 g/mol. The first kappa shape index (κ1) is 16.3. The Balaban J connectivity index is 1.98. The molecule has 0 saturated heterocycles. The maximum Gasteiger partial charge on any atom is 0.00954 e. The van der Waals surface area contributed by atoms with Crippen LogP contribution in [0.2, 0.25) is 0 Å². The van der Waals surface area contributed by atoms with Crippen LogP contribution in [0.5, 0.6) is 0 Å². The molecule has 0 aliphatic heterocycles. The minimum absolute atomic E-state index is 0.430. The van der Waals surface area contributed by atoms with Gasteiger partial charge in [-0.1, -0.05) is 40.5 Å². The lowest BCUT2D eigenvalue weighted by Crippen LogP contribution is -2.48. The van der Waals surface area contributed by atoms with Gasteiger partial charge in [-0.15, -0.1) is 0 Å².